The Morgan fingerprint density at radius 3 is 2.07 bits per heavy atom. The molecule has 0 radical (unpaired) electrons. The van der Waals surface area contributed by atoms with Gasteiger partial charge in [0.1, 0.15) is 5.75 Å². The molecular weight excluding hydrogens is 579 g/mol. The summed E-state index contributed by atoms with van der Waals surface area (Å²) in [6.07, 6.45) is 0.0220. The van der Waals surface area contributed by atoms with E-state index in [1.165, 1.54) is 5.56 Å². The van der Waals surface area contributed by atoms with E-state index in [0.29, 0.717) is 15.8 Å². The van der Waals surface area contributed by atoms with Gasteiger partial charge in [0.05, 0.1) is 12.2 Å². The molecule has 0 saturated carbocycles. The zero-order chi connectivity index (χ0) is 30.7. The molecule has 4 atom stereocenters. The lowest BCUT2D eigenvalue weighted by Crippen LogP contribution is -2.32. The first kappa shape index (κ1) is 30.9. The van der Waals surface area contributed by atoms with Gasteiger partial charge in [0, 0.05) is 32.9 Å². The summed E-state index contributed by atoms with van der Waals surface area (Å²) in [6.45, 7) is 10.3. The van der Waals surface area contributed by atoms with Crippen LogP contribution in [-0.4, -0.2) is 17.7 Å². The van der Waals surface area contributed by atoms with E-state index in [4.69, 9.17) is 32.7 Å². The second-order valence-corrected chi connectivity index (χ2v) is 12.7. The summed E-state index contributed by atoms with van der Waals surface area (Å²) >= 11 is 12.5. The van der Waals surface area contributed by atoms with Gasteiger partial charge in [0.15, 0.2) is 6.61 Å². The SMILES string of the molecule is C=C(C)[C@H]1C[C@H](c2ccc(Cl)cc2)[C@H](c2ccc(Cl)cc2)O[C@@H]1c1cc(C(C)(C)c2ccccc2)ccc1OCC(=O)O. The molecule has 4 aromatic rings. The first-order chi connectivity index (χ1) is 20.5. The van der Waals surface area contributed by atoms with Crippen LogP contribution in [0.1, 0.15) is 73.1 Å². The molecule has 0 aliphatic carbocycles. The topological polar surface area (TPSA) is 55.8 Å². The zero-order valence-corrected chi connectivity index (χ0v) is 26.1. The molecule has 0 unspecified atom stereocenters. The first-order valence-corrected chi connectivity index (χ1v) is 15.2. The number of benzene rings is 4. The van der Waals surface area contributed by atoms with Gasteiger partial charge in [0.25, 0.3) is 0 Å². The van der Waals surface area contributed by atoms with Crippen LogP contribution in [-0.2, 0) is 14.9 Å². The number of ether oxygens (including phenoxy) is 2. The monoisotopic (exact) mass is 614 g/mol. The van der Waals surface area contributed by atoms with Gasteiger partial charge in [0.2, 0.25) is 0 Å². The van der Waals surface area contributed by atoms with Crippen LogP contribution in [0.5, 0.6) is 5.75 Å². The van der Waals surface area contributed by atoms with E-state index in [9.17, 15) is 9.90 Å². The Morgan fingerprint density at radius 1 is 0.884 bits per heavy atom. The Bertz CT molecular complexity index is 1580. The Morgan fingerprint density at radius 2 is 1.49 bits per heavy atom. The van der Waals surface area contributed by atoms with Crippen LogP contribution in [0.25, 0.3) is 0 Å². The molecule has 0 bridgehead atoms. The molecule has 1 fully saturated rings. The fourth-order valence-corrected chi connectivity index (χ4v) is 6.31. The molecule has 1 aliphatic heterocycles. The van der Waals surface area contributed by atoms with E-state index in [1.807, 2.05) is 73.7 Å². The molecule has 5 rings (SSSR count). The highest BCUT2D eigenvalue weighted by Crippen LogP contribution is 2.53. The molecular formula is C37H36Cl2O4. The lowest BCUT2D eigenvalue weighted by molar-refractivity contribution is -0.139. The third kappa shape index (κ3) is 6.83. The van der Waals surface area contributed by atoms with Gasteiger partial charge < -0.3 is 14.6 Å². The van der Waals surface area contributed by atoms with Gasteiger partial charge in [-0.3, -0.25) is 0 Å². The van der Waals surface area contributed by atoms with Crippen LogP contribution in [0.4, 0.5) is 0 Å². The van der Waals surface area contributed by atoms with E-state index >= 15 is 0 Å². The van der Waals surface area contributed by atoms with Crippen molar-refractivity contribution >= 4 is 29.2 Å². The highest BCUT2D eigenvalue weighted by Gasteiger charge is 2.42. The Balaban J connectivity index is 1.64. The zero-order valence-electron chi connectivity index (χ0n) is 24.6. The Labute approximate surface area is 263 Å². The number of hydrogen-bond donors (Lipinski definition) is 1. The summed E-state index contributed by atoms with van der Waals surface area (Å²) < 4.78 is 13.0. The molecule has 0 aromatic heterocycles. The highest BCUT2D eigenvalue weighted by atomic mass is 35.5. The maximum atomic E-state index is 11.5. The van der Waals surface area contributed by atoms with Gasteiger partial charge >= 0.3 is 5.97 Å². The average molecular weight is 616 g/mol. The van der Waals surface area contributed by atoms with Crippen LogP contribution in [0.15, 0.2) is 109 Å². The second kappa shape index (κ2) is 13.0. The third-order valence-electron chi connectivity index (χ3n) is 8.55. The Hall–Kier alpha value is -3.57. The average Bonchev–Trinajstić information content (AvgIpc) is 3.00. The van der Waals surface area contributed by atoms with Gasteiger partial charge in [-0.1, -0.05) is 110 Å². The molecule has 4 aromatic carbocycles. The van der Waals surface area contributed by atoms with Crippen molar-refractivity contribution in [1.29, 1.82) is 0 Å². The molecule has 1 saturated heterocycles. The minimum absolute atomic E-state index is 0.0173. The molecule has 1 N–H and O–H groups in total. The van der Waals surface area contributed by atoms with Crippen molar-refractivity contribution < 1.29 is 19.4 Å². The van der Waals surface area contributed by atoms with Gasteiger partial charge in [-0.15, -0.1) is 0 Å². The molecule has 222 valence electrons. The number of carboxylic acids is 1. The quantitative estimate of drug-likeness (QED) is 0.191. The number of carboxylic acid groups (broad SMARTS) is 1. The lowest BCUT2D eigenvalue weighted by Gasteiger charge is -2.43. The number of hydrogen-bond acceptors (Lipinski definition) is 3. The molecule has 4 nitrogen and oxygen atoms in total. The second-order valence-electron chi connectivity index (χ2n) is 11.8. The predicted octanol–water partition coefficient (Wildman–Crippen LogP) is 9.96. The molecule has 6 heteroatoms. The summed E-state index contributed by atoms with van der Waals surface area (Å²) in [7, 11) is 0. The van der Waals surface area contributed by atoms with Crippen molar-refractivity contribution in [3.05, 3.63) is 147 Å². The number of halogens is 2. The highest BCUT2D eigenvalue weighted by molar-refractivity contribution is 6.30. The van der Waals surface area contributed by atoms with E-state index in [2.05, 4.69) is 50.8 Å². The van der Waals surface area contributed by atoms with E-state index < -0.39 is 18.7 Å². The molecule has 1 heterocycles. The van der Waals surface area contributed by atoms with Crippen LogP contribution < -0.4 is 4.74 Å². The minimum Gasteiger partial charge on any atom is -0.482 e. The van der Waals surface area contributed by atoms with Gasteiger partial charge in [-0.2, -0.15) is 0 Å². The van der Waals surface area contributed by atoms with Crippen molar-refractivity contribution in [3.8, 4) is 5.75 Å². The van der Waals surface area contributed by atoms with E-state index in [1.54, 1.807) is 0 Å². The van der Waals surface area contributed by atoms with Crippen molar-refractivity contribution in [2.24, 2.45) is 5.92 Å². The first-order valence-electron chi connectivity index (χ1n) is 14.4. The standard InChI is InChI=1S/C37H36Cl2O4/c1-23(2)30-21-31(24-10-15-28(38)16-11-24)35(25-12-17-29(39)18-13-25)43-36(30)32-20-27(14-19-33(32)42-22-34(40)41)37(3,4)26-8-6-5-7-9-26/h5-20,30-31,35-36H,1,21-22H2,2-4H3,(H,40,41)/t30-,31-,35+,36+/m1/s1. The summed E-state index contributed by atoms with van der Waals surface area (Å²) in [6, 6.07) is 32.0. The van der Waals surface area contributed by atoms with E-state index in [-0.39, 0.29) is 23.4 Å². The van der Waals surface area contributed by atoms with Gasteiger partial charge in [-0.25, -0.2) is 4.79 Å². The fourth-order valence-electron chi connectivity index (χ4n) is 6.05. The van der Waals surface area contributed by atoms with E-state index in [0.717, 1.165) is 34.2 Å². The summed E-state index contributed by atoms with van der Waals surface area (Å²) in [5.41, 5.74) is 5.83. The van der Waals surface area contributed by atoms with Crippen molar-refractivity contribution in [1.82, 2.24) is 0 Å². The van der Waals surface area contributed by atoms with Crippen molar-refractivity contribution in [2.75, 3.05) is 6.61 Å². The largest absolute Gasteiger partial charge is 0.482 e. The lowest BCUT2D eigenvalue weighted by atomic mass is 9.73. The molecule has 0 spiro atoms. The summed E-state index contributed by atoms with van der Waals surface area (Å²) in [5, 5.41) is 10.8. The maximum absolute atomic E-state index is 11.5. The Kier molecular flexibility index (Phi) is 9.31. The number of carbonyl (C=O) groups is 1. The van der Waals surface area contributed by atoms with Crippen LogP contribution in [0.2, 0.25) is 10.0 Å². The fraction of sp³-hybridized carbons (Fsp3) is 0.270. The van der Waals surface area contributed by atoms with Crippen LogP contribution >= 0.6 is 23.2 Å². The molecule has 1 aliphatic rings. The van der Waals surface area contributed by atoms with Crippen LogP contribution in [0, 0.1) is 5.92 Å². The number of aliphatic carboxylic acids is 1. The summed E-state index contributed by atoms with van der Waals surface area (Å²) in [4.78, 5) is 11.5. The smallest absolute Gasteiger partial charge is 0.341 e. The number of rotatable bonds is 9. The van der Waals surface area contributed by atoms with Crippen molar-refractivity contribution in [2.45, 2.75) is 50.7 Å². The van der Waals surface area contributed by atoms with Crippen molar-refractivity contribution in [3.63, 3.8) is 0 Å². The molecule has 0 amide bonds. The van der Waals surface area contributed by atoms with Gasteiger partial charge in [-0.05, 0) is 72.0 Å². The van der Waals surface area contributed by atoms with Crippen LogP contribution in [0.3, 0.4) is 0 Å². The maximum Gasteiger partial charge on any atom is 0.341 e. The third-order valence-corrected chi connectivity index (χ3v) is 9.05. The normalized spacial score (nSPS) is 20.4. The minimum atomic E-state index is -1.04. The molecule has 43 heavy (non-hydrogen) atoms. The predicted molar refractivity (Wildman–Crippen MR) is 173 cm³/mol. The summed E-state index contributed by atoms with van der Waals surface area (Å²) in [5.74, 6) is -0.594.